The predicted molar refractivity (Wildman–Crippen MR) is 54.6 cm³/mol. The summed E-state index contributed by atoms with van der Waals surface area (Å²) >= 11 is 0. The van der Waals surface area contributed by atoms with Gasteiger partial charge in [-0.2, -0.15) is 0 Å². The van der Waals surface area contributed by atoms with Crippen molar-refractivity contribution in [1.29, 1.82) is 0 Å². The van der Waals surface area contributed by atoms with Gasteiger partial charge in [-0.3, -0.25) is 4.79 Å². The van der Waals surface area contributed by atoms with Gasteiger partial charge in [-0.15, -0.1) is 0 Å². The molecule has 0 fully saturated rings. The van der Waals surface area contributed by atoms with Crippen LogP contribution in [0, 0.1) is 17.5 Å². The highest BCUT2D eigenvalue weighted by atomic mass is 19.2. The maximum Gasteiger partial charge on any atom is 0.323 e. The molecule has 3 nitrogen and oxygen atoms in total. The Balaban J connectivity index is 2.88. The minimum absolute atomic E-state index is 0.112. The van der Waals surface area contributed by atoms with Gasteiger partial charge in [0.25, 0.3) is 0 Å². The first kappa shape index (κ1) is 13.5. The van der Waals surface area contributed by atoms with Gasteiger partial charge in [0.2, 0.25) is 0 Å². The van der Waals surface area contributed by atoms with E-state index in [-0.39, 0.29) is 6.61 Å². The number of carbonyl (C=O) groups excluding carboxylic acids is 1. The minimum Gasteiger partial charge on any atom is -0.465 e. The van der Waals surface area contributed by atoms with E-state index in [0.717, 1.165) is 6.07 Å². The fourth-order valence-electron chi connectivity index (χ4n) is 1.31. The van der Waals surface area contributed by atoms with E-state index >= 15 is 0 Å². The summed E-state index contributed by atoms with van der Waals surface area (Å²) in [7, 11) is 0. The molecule has 94 valence electrons. The molecule has 0 heterocycles. The molecule has 1 aromatic rings. The molecule has 0 aliphatic carbocycles. The van der Waals surface area contributed by atoms with E-state index in [1.54, 1.807) is 6.92 Å². The molecule has 1 rings (SSSR count). The van der Waals surface area contributed by atoms with E-state index in [0.29, 0.717) is 6.07 Å². The van der Waals surface area contributed by atoms with Crippen molar-refractivity contribution in [3.8, 4) is 0 Å². The van der Waals surface area contributed by atoms with Crippen LogP contribution in [-0.2, 0) is 16.0 Å². The molecule has 17 heavy (non-hydrogen) atoms. The molecule has 1 unspecified atom stereocenters. The molecule has 0 amide bonds. The van der Waals surface area contributed by atoms with Crippen molar-refractivity contribution in [1.82, 2.24) is 0 Å². The molecule has 0 radical (unpaired) electrons. The summed E-state index contributed by atoms with van der Waals surface area (Å²) in [5, 5.41) is 0. The highest BCUT2D eigenvalue weighted by Gasteiger charge is 2.21. The molecule has 0 bridgehead atoms. The number of carbonyl (C=O) groups is 1. The first-order valence-corrected chi connectivity index (χ1v) is 5.02. The lowest BCUT2D eigenvalue weighted by atomic mass is 10.1. The Labute approximate surface area is 96.4 Å². The quantitative estimate of drug-likeness (QED) is 0.648. The van der Waals surface area contributed by atoms with Crippen molar-refractivity contribution in [2.24, 2.45) is 5.73 Å². The topological polar surface area (TPSA) is 52.3 Å². The Kier molecular flexibility index (Phi) is 4.51. The highest BCUT2D eigenvalue weighted by Crippen LogP contribution is 2.17. The molecule has 2 N–H and O–H groups in total. The van der Waals surface area contributed by atoms with Crippen LogP contribution in [0.1, 0.15) is 12.5 Å². The van der Waals surface area contributed by atoms with Crippen LogP contribution in [-0.4, -0.2) is 18.6 Å². The van der Waals surface area contributed by atoms with E-state index in [2.05, 4.69) is 4.74 Å². The molecule has 0 aliphatic heterocycles. The lowest BCUT2D eigenvalue weighted by Gasteiger charge is -2.11. The average molecular weight is 247 g/mol. The van der Waals surface area contributed by atoms with Crippen LogP contribution in [0.25, 0.3) is 0 Å². The molecule has 0 aliphatic rings. The Bertz CT molecular complexity index is 423. The lowest BCUT2D eigenvalue weighted by molar-refractivity contribution is -0.144. The minimum atomic E-state index is -1.33. The fraction of sp³-hybridized carbons (Fsp3) is 0.364. The van der Waals surface area contributed by atoms with Crippen molar-refractivity contribution in [2.75, 3.05) is 6.61 Å². The molecule has 0 spiro atoms. The number of nitrogens with two attached hydrogens (primary N) is 1. The number of halogens is 3. The van der Waals surface area contributed by atoms with Crippen molar-refractivity contribution < 1.29 is 22.7 Å². The van der Waals surface area contributed by atoms with Crippen LogP contribution in [0.3, 0.4) is 0 Å². The Hall–Kier alpha value is -1.56. The molecule has 0 aromatic heterocycles. The predicted octanol–water partition coefficient (Wildman–Crippen LogP) is 1.54. The van der Waals surface area contributed by atoms with Gasteiger partial charge < -0.3 is 10.5 Å². The van der Waals surface area contributed by atoms with Crippen LogP contribution >= 0.6 is 0 Å². The lowest BCUT2D eigenvalue weighted by Crippen LogP contribution is -2.35. The zero-order valence-electron chi connectivity index (χ0n) is 9.17. The van der Waals surface area contributed by atoms with Crippen LogP contribution in [0.2, 0.25) is 0 Å². The summed E-state index contributed by atoms with van der Waals surface area (Å²) in [4.78, 5) is 11.2. The third-order valence-electron chi connectivity index (χ3n) is 2.15. The summed E-state index contributed by atoms with van der Waals surface area (Å²) in [6.45, 7) is 1.69. The van der Waals surface area contributed by atoms with Crippen molar-refractivity contribution in [3.05, 3.63) is 35.1 Å². The van der Waals surface area contributed by atoms with Gasteiger partial charge in [0.1, 0.15) is 11.9 Å². The van der Waals surface area contributed by atoms with Gasteiger partial charge in [0.15, 0.2) is 11.6 Å². The fourth-order valence-corrected chi connectivity index (χ4v) is 1.31. The van der Waals surface area contributed by atoms with Crippen molar-refractivity contribution in [2.45, 2.75) is 19.4 Å². The van der Waals surface area contributed by atoms with Gasteiger partial charge in [0.05, 0.1) is 6.61 Å². The van der Waals surface area contributed by atoms with Crippen molar-refractivity contribution in [3.63, 3.8) is 0 Å². The van der Waals surface area contributed by atoms with Gasteiger partial charge in [0, 0.05) is 12.0 Å². The van der Waals surface area contributed by atoms with Gasteiger partial charge in [-0.1, -0.05) is 0 Å². The maximum atomic E-state index is 13.2. The number of benzene rings is 1. The zero-order chi connectivity index (χ0) is 13.0. The summed E-state index contributed by atoms with van der Waals surface area (Å²) in [6, 6.07) is 0.233. The van der Waals surface area contributed by atoms with Crippen LogP contribution in [0.5, 0.6) is 0 Å². The molecule has 1 aromatic carbocycles. The summed E-state index contributed by atoms with van der Waals surface area (Å²) in [6.07, 6.45) is -0.450. The second kappa shape index (κ2) is 5.67. The number of hydrogen-bond acceptors (Lipinski definition) is 3. The van der Waals surface area contributed by atoms with E-state index in [1.165, 1.54) is 0 Å². The summed E-state index contributed by atoms with van der Waals surface area (Å²) < 4.78 is 43.9. The smallest absolute Gasteiger partial charge is 0.323 e. The largest absolute Gasteiger partial charge is 0.465 e. The third-order valence-corrected chi connectivity index (χ3v) is 2.15. The SMILES string of the molecule is CCOC(=O)C(N)Cc1c(F)ccc(F)c1F. The van der Waals surface area contributed by atoms with E-state index in [4.69, 9.17) is 5.73 Å². The first-order valence-electron chi connectivity index (χ1n) is 5.02. The second-order valence-electron chi connectivity index (χ2n) is 3.38. The van der Waals surface area contributed by atoms with E-state index < -0.39 is 41.4 Å². The van der Waals surface area contributed by atoms with Crippen LogP contribution in [0.15, 0.2) is 12.1 Å². The number of hydrogen-bond donors (Lipinski definition) is 1. The van der Waals surface area contributed by atoms with Crippen LogP contribution in [0.4, 0.5) is 13.2 Å². The molecule has 0 saturated carbocycles. The monoisotopic (exact) mass is 247 g/mol. The van der Waals surface area contributed by atoms with Crippen molar-refractivity contribution >= 4 is 5.97 Å². The van der Waals surface area contributed by atoms with E-state index in [1.807, 2.05) is 0 Å². The molecule has 0 saturated heterocycles. The van der Waals surface area contributed by atoms with E-state index in [9.17, 15) is 18.0 Å². The standard InChI is InChI=1S/C11H12F3NO2/c1-2-17-11(16)9(15)5-6-7(12)3-4-8(13)10(6)14/h3-4,9H,2,5,15H2,1H3. The molecule has 6 heteroatoms. The first-order chi connectivity index (χ1) is 7.97. The Morgan fingerprint density at radius 1 is 1.35 bits per heavy atom. The zero-order valence-corrected chi connectivity index (χ0v) is 9.17. The second-order valence-corrected chi connectivity index (χ2v) is 3.38. The third kappa shape index (κ3) is 3.20. The molecular formula is C11H12F3NO2. The maximum absolute atomic E-state index is 13.2. The average Bonchev–Trinajstić information content (AvgIpc) is 2.29. The normalized spacial score (nSPS) is 12.3. The molecular weight excluding hydrogens is 235 g/mol. The van der Waals surface area contributed by atoms with Crippen LogP contribution < -0.4 is 5.73 Å². The van der Waals surface area contributed by atoms with Gasteiger partial charge >= 0.3 is 5.97 Å². The summed E-state index contributed by atoms with van der Waals surface area (Å²) in [5.41, 5.74) is 4.84. The number of esters is 1. The molecule has 1 atom stereocenters. The Morgan fingerprint density at radius 2 is 1.94 bits per heavy atom. The van der Waals surface area contributed by atoms with Gasteiger partial charge in [-0.05, 0) is 19.1 Å². The number of rotatable bonds is 4. The number of ether oxygens (including phenoxy) is 1. The Morgan fingerprint density at radius 3 is 2.53 bits per heavy atom. The van der Waals surface area contributed by atoms with Gasteiger partial charge in [-0.25, -0.2) is 13.2 Å². The summed E-state index contributed by atoms with van der Waals surface area (Å²) in [5.74, 6) is -4.23. The highest BCUT2D eigenvalue weighted by molar-refractivity contribution is 5.75.